The second-order valence-corrected chi connectivity index (χ2v) is 3.80. The highest BCUT2D eigenvalue weighted by Gasteiger charge is 2.43. The number of rotatable bonds is 2. The van der Waals surface area contributed by atoms with Crippen LogP contribution in [0.2, 0.25) is 0 Å². The number of epoxide rings is 1. The zero-order chi connectivity index (χ0) is 8.55. The molecule has 0 spiro atoms. The zero-order valence-corrected chi connectivity index (χ0v) is 7.66. The normalized spacial score (nSPS) is 29.8. The quantitative estimate of drug-likeness (QED) is 0.506. The lowest BCUT2D eigenvalue weighted by molar-refractivity contribution is 0.372. The average molecular weight is 183 g/mol. The molecule has 3 atom stereocenters. The summed E-state index contributed by atoms with van der Waals surface area (Å²) in [5, 5.41) is 0.107. The van der Waals surface area contributed by atoms with E-state index < -0.39 is 0 Å². The van der Waals surface area contributed by atoms with E-state index in [2.05, 4.69) is 12.1 Å². The van der Waals surface area contributed by atoms with E-state index in [9.17, 15) is 0 Å². The van der Waals surface area contributed by atoms with E-state index in [0.717, 1.165) is 0 Å². The standard InChI is InChI=1S/C10H11ClO/c1-7(11)9-10(12-9)8-5-3-2-4-6-8/h2-7,9-10H,1H3/t7?,9-,10-/m1/s1. The van der Waals surface area contributed by atoms with Crippen LogP contribution in [0.3, 0.4) is 0 Å². The molecular formula is C10H11ClO. The number of ether oxygens (including phenoxy) is 1. The van der Waals surface area contributed by atoms with Gasteiger partial charge < -0.3 is 4.74 Å². The fraction of sp³-hybridized carbons (Fsp3) is 0.400. The average Bonchev–Trinajstić information content (AvgIpc) is 2.84. The summed E-state index contributed by atoms with van der Waals surface area (Å²) >= 11 is 5.89. The van der Waals surface area contributed by atoms with Crippen LogP contribution in [0.1, 0.15) is 18.6 Å². The first-order valence-corrected chi connectivity index (χ1v) is 4.57. The summed E-state index contributed by atoms with van der Waals surface area (Å²) in [7, 11) is 0. The Bertz CT molecular complexity index is 258. The van der Waals surface area contributed by atoms with Crippen molar-refractivity contribution in [3.05, 3.63) is 35.9 Å². The van der Waals surface area contributed by atoms with E-state index >= 15 is 0 Å². The molecule has 1 saturated heterocycles. The van der Waals surface area contributed by atoms with Crippen molar-refractivity contribution in [1.82, 2.24) is 0 Å². The predicted octanol–water partition coefficient (Wildman–Crippen LogP) is 2.75. The molecule has 64 valence electrons. The minimum atomic E-state index is 0.107. The molecular weight excluding hydrogens is 172 g/mol. The van der Waals surface area contributed by atoms with Crippen molar-refractivity contribution < 1.29 is 4.74 Å². The van der Waals surface area contributed by atoms with Crippen molar-refractivity contribution >= 4 is 11.6 Å². The van der Waals surface area contributed by atoms with Crippen molar-refractivity contribution in [2.75, 3.05) is 0 Å². The Kier molecular flexibility index (Phi) is 2.07. The molecule has 1 heterocycles. The third-order valence-electron chi connectivity index (χ3n) is 2.11. The van der Waals surface area contributed by atoms with E-state index in [1.165, 1.54) is 5.56 Å². The Balaban J connectivity index is 2.06. The molecule has 1 aromatic carbocycles. The van der Waals surface area contributed by atoms with Crippen LogP contribution < -0.4 is 0 Å². The summed E-state index contributed by atoms with van der Waals surface area (Å²) in [6.45, 7) is 1.97. The summed E-state index contributed by atoms with van der Waals surface area (Å²) in [6.07, 6.45) is 0.452. The van der Waals surface area contributed by atoms with E-state index in [1.807, 2.05) is 25.1 Å². The van der Waals surface area contributed by atoms with Crippen LogP contribution in [0, 0.1) is 0 Å². The maximum Gasteiger partial charge on any atom is 0.111 e. The number of benzene rings is 1. The lowest BCUT2D eigenvalue weighted by atomic mass is 10.1. The largest absolute Gasteiger partial charge is 0.363 e. The number of halogens is 1. The number of alkyl halides is 1. The second-order valence-electron chi connectivity index (χ2n) is 3.11. The third-order valence-corrected chi connectivity index (χ3v) is 2.35. The van der Waals surface area contributed by atoms with Gasteiger partial charge in [0.2, 0.25) is 0 Å². The van der Waals surface area contributed by atoms with Gasteiger partial charge in [-0.1, -0.05) is 30.3 Å². The van der Waals surface area contributed by atoms with Crippen LogP contribution in [0.25, 0.3) is 0 Å². The van der Waals surface area contributed by atoms with E-state index in [4.69, 9.17) is 16.3 Å². The molecule has 2 rings (SSSR count). The van der Waals surface area contributed by atoms with Crippen LogP contribution in [-0.2, 0) is 4.74 Å². The zero-order valence-electron chi connectivity index (χ0n) is 6.91. The fourth-order valence-corrected chi connectivity index (χ4v) is 1.58. The van der Waals surface area contributed by atoms with Gasteiger partial charge in [0.1, 0.15) is 12.2 Å². The first kappa shape index (κ1) is 8.09. The maximum absolute atomic E-state index is 5.89. The Hall–Kier alpha value is -0.530. The van der Waals surface area contributed by atoms with E-state index in [0.29, 0.717) is 0 Å². The van der Waals surface area contributed by atoms with Crippen molar-refractivity contribution in [1.29, 1.82) is 0 Å². The lowest BCUT2D eigenvalue weighted by Gasteiger charge is -1.95. The first-order valence-electron chi connectivity index (χ1n) is 4.13. The first-order chi connectivity index (χ1) is 5.79. The molecule has 2 heteroatoms. The monoisotopic (exact) mass is 182 g/mol. The van der Waals surface area contributed by atoms with Gasteiger partial charge in [0.25, 0.3) is 0 Å². The van der Waals surface area contributed by atoms with Crippen molar-refractivity contribution in [3.8, 4) is 0 Å². The topological polar surface area (TPSA) is 12.5 Å². The summed E-state index contributed by atoms with van der Waals surface area (Å²) in [5.41, 5.74) is 1.23. The van der Waals surface area contributed by atoms with E-state index in [-0.39, 0.29) is 17.6 Å². The molecule has 12 heavy (non-hydrogen) atoms. The Morgan fingerprint density at radius 2 is 2.00 bits per heavy atom. The molecule has 0 bridgehead atoms. The summed E-state index contributed by atoms with van der Waals surface area (Å²) in [6, 6.07) is 10.2. The highest BCUT2D eigenvalue weighted by atomic mass is 35.5. The molecule has 1 aliphatic heterocycles. The molecule has 1 aromatic rings. The summed E-state index contributed by atoms with van der Waals surface area (Å²) in [4.78, 5) is 0. The van der Waals surface area contributed by atoms with Gasteiger partial charge in [0, 0.05) is 0 Å². The van der Waals surface area contributed by atoms with Crippen molar-refractivity contribution in [3.63, 3.8) is 0 Å². The molecule has 1 unspecified atom stereocenters. The summed E-state index contributed by atoms with van der Waals surface area (Å²) in [5.74, 6) is 0. The van der Waals surface area contributed by atoms with Gasteiger partial charge in [-0.2, -0.15) is 0 Å². The second kappa shape index (κ2) is 3.08. The Labute approximate surface area is 77.3 Å². The van der Waals surface area contributed by atoms with Gasteiger partial charge in [-0.05, 0) is 12.5 Å². The van der Waals surface area contributed by atoms with Crippen LogP contribution in [0.4, 0.5) is 0 Å². The van der Waals surface area contributed by atoms with Gasteiger partial charge in [-0.3, -0.25) is 0 Å². The van der Waals surface area contributed by atoms with Crippen LogP contribution >= 0.6 is 11.6 Å². The minimum absolute atomic E-state index is 0.107. The SMILES string of the molecule is CC(Cl)[C@H]1O[C@@H]1c1ccccc1. The molecule has 0 radical (unpaired) electrons. The van der Waals surface area contributed by atoms with Gasteiger partial charge in [0.05, 0.1) is 5.38 Å². The van der Waals surface area contributed by atoms with Crippen LogP contribution in [0.15, 0.2) is 30.3 Å². The lowest BCUT2D eigenvalue weighted by Crippen LogP contribution is -2.01. The Morgan fingerprint density at radius 1 is 1.33 bits per heavy atom. The Morgan fingerprint density at radius 3 is 2.50 bits per heavy atom. The van der Waals surface area contributed by atoms with Crippen LogP contribution in [0.5, 0.6) is 0 Å². The number of hydrogen-bond donors (Lipinski definition) is 0. The molecule has 0 aromatic heterocycles. The smallest absolute Gasteiger partial charge is 0.111 e. The van der Waals surface area contributed by atoms with Gasteiger partial charge in [-0.15, -0.1) is 11.6 Å². The molecule has 0 N–H and O–H groups in total. The summed E-state index contributed by atoms with van der Waals surface area (Å²) < 4.78 is 5.43. The number of hydrogen-bond acceptors (Lipinski definition) is 1. The third kappa shape index (κ3) is 1.47. The van der Waals surface area contributed by atoms with Crippen molar-refractivity contribution in [2.45, 2.75) is 24.5 Å². The van der Waals surface area contributed by atoms with Gasteiger partial charge in [-0.25, -0.2) is 0 Å². The molecule has 1 fully saturated rings. The van der Waals surface area contributed by atoms with Gasteiger partial charge >= 0.3 is 0 Å². The molecule has 1 nitrogen and oxygen atoms in total. The minimum Gasteiger partial charge on any atom is -0.363 e. The highest BCUT2D eigenvalue weighted by molar-refractivity contribution is 6.21. The predicted molar refractivity (Wildman–Crippen MR) is 49.4 cm³/mol. The molecule has 1 aliphatic rings. The van der Waals surface area contributed by atoms with Crippen LogP contribution in [-0.4, -0.2) is 11.5 Å². The van der Waals surface area contributed by atoms with E-state index in [1.54, 1.807) is 0 Å². The van der Waals surface area contributed by atoms with Gasteiger partial charge in [0.15, 0.2) is 0 Å². The highest BCUT2D eigenvalue weighted by Crippen LogP contribution is 2.41. The maximum atomic E-state index is 5.89. The molecule has 0 amide bonds. The molecule has 0 saturated carbocycles. The molecule has 0 aliphatic carbocycles. The fourth-order valence-electron chi connectivity index (χ4n) is 1.38. The van der Waals surface area contributed by atoms with Crippen molar-refractivity contribution in [2.24, 2.45) is 0 Å².